The van der Waals surface area contributed by atoms with E-state index in [4.69, 9.17) is 9.47 Å². The first-order valence-electron chi connectivity index (χ1n) is 11.2. The van der Waals surface area contributed by atoms with Crippen LogP contribution >= 0.6 is 0 Å². The Bertz CT molecular complexity index is 966. The second-order valence-corrected chi connectivity index (χ2v) is 9.22. The first-order chi connectivity index (χ1) is 15.6. The van der Waals surface area contributed by atoms with Crippen molar-refractivity contribution in [3.05, 3.63) is 65.7 Å². The molecule has 0 aromatic heterocycles. The van der Waals surface area contributed by atoms with Gasteiger partial charge in [-0.3, -0.25) is 14.4 Å². The fraction of sp³-hybridized carbons (Fsp3) is 0.423. The van der Waals surface area contributed by atoms with E-state index in [9.17, 15) is 14.4 Å². The van der Waals surface area contributed by atoms with Crippen molar-refractivity contribution in [1.82, 2.24) is 10.2 Å². The molecule has 1 saturated heterocycles. The predicted octanol–water partition coefficient (Wildman–Crippen LogP) is 3.21. The Hall–Kier alpha value is -3.35. The van der Waals surface area contributed by atoms with E-state index < -0.39 is 18.1 Å². The van der Waals surface area contributed by atoms with Crippen LogP contribution in [0.2, 0.25) is 0 Å². The lowest BCUT2D eigenvalue weighted by molar-refractivity contribution is -0.154. The van der Waals surface area contributed by atoms with Crippen LogP contribution in [-0.2, 0) is 31.1 Å². The van der Waals surface area contributed by atoms with Crippen LogP contribution in [0.25, 0.3) is 0 Å². The number of ether oxygens (including phenoxy) is 2. The minimum absolute atomic E-state index is 0.0173. The van der Waals surface area contributed by atoms with Crippen molar-refractivity contribution in [1.29, 1.82) is 0 Å². The summed E-state index contributed by atoms with van der Waals surface area (Å²) in [5, 5.41) is 2.72. The molecule has 1 fully saturated rings. The standard InChI is InChI=1S/C26H32N2O5/c1-18(33-21-12-10-20(11-13-21)26(2,3)4)25(31)28-15-14-27-24(30)22(28)16-23(29)32-17-19-8-6-5-7-9-19/h5-13,18,22H,14-17H2,1-4H3,(H,27,30). The molecule has 1 N–H and O–H groups in total. The number of nitrogens with zero attached hydrogens (tertiary/aromatic N) is 1. The molecule has 7 heteroatoms. The second kappa shape index (κ2) is 10.5. The summed E-state index contributed by atoms with van der Waals surface area (Å²) in [5.41, 5.74) is 2.03. The number of amides is 2. The fourth-order valence-corrected chi connectivity index (χ4v) is 3.66. The Balaban J connectivity index is 1.61. The van der Waals surface area contributed by atoms with E-state index in [1.165, 1.54) is 4.90 Å². The number of hydrogen-bond donors (Lipinski definition) is 1. The molecule has 2 amide bonds. The molecule has 0 spiro atoms. The quantitative estimate of drug-likeness (QED) is 0.652. The molecule has 0 aliphatic carbocycles. The minimum atomic E-state index is -0.927. The first kappa shape index (κ1) is 24.3. The van der Waals surface area contributed by atoms with Crippen molar-refractivity contribution in [3.8, 4) is 5.75 Å². The molecule has 0 bridgehead atoms. The number of esters is 1. The van der Waals surface area contributed by atoms with E-state index >= 15 is 0 Å². The van der Waals surface area contributed by atoms with Crippen molar-refractivity contribution < 1.29 is 23.9 Å². The van der Waals surface area contributed by atoms with Crippen molar-refractivity contribution >= 4 is 17.8 Å². The fourth-order valence-electron chi connectivity index (χ4n) is 3.66. The molecule has 176 valence electrons. The summed E-state index contributed by atoms with van der Waals surface area (Å²) in [7, 11) is 0. The lowest BCUT2D eigenvalue weighted by atomic mass is 9.87. The summed E-state index contributed by atoms with van der Waals surface area (Å²) in [5.74, 6) is -0.673. The van der Waals surface area contributed by atoms with Gasteiger partial charge in [-0.05, 0) is 35.6 Å². The summed E-state index contributed by atoms with van der Waals surface area (Å²) in [6, 6.07) is 16.0. The SMILES string of the molecule is CC(Oc1ccc(C(C)(C)C)cc1)C(=O)N1CCNC(=O)C1CC(=O)OCc1ccccc1. The van der Waals surface area contributed by atoms with Crippen LogP contribution in [0.4, 0.5) is 0 Å². The molecule has 0 saturated carbocycles. The normalized spacial score (nSPS) is 17.2. The van der Waals surface area contributed by atoms with E-state index in [2.05, 4.69) is 26.1 Å². The summed E-state index contributed by atoms with van der Waals surface area (Å²) in [4.78, 5) is 39.4. The third kappa shape index (κ3) is 6.57. The van der Waals surface area contributed by atoms with Gasteiger partial charge in [-0.25, -0.2) is 0 Å². The van der Waals surface area contributed by atoms with Crippen LogP contribution in [0.5, 0.6) is 5.75 Å². The number of benzene rings is 2. The maximum Gasteiger partial charge on any atom is 0.308 e. The topological polar surface area (TPSA) is 84.9 Å². The molecule has 1 aliphatic rings. The van der Waals surface area contributed by atoms with Gasteiger partial charge in [0.05, 0.1) is 6.42 Å². The Labute approximate surface area is 195 Å². The molecule has 1 heterocycles. The molecule has 2 aromatic rings. The Morgan fingerprint density at radius 1 is 1.09 bits per heavy atom. The number of piperazine rings is 1. The maximum atomic E-state index is 13.1. The highest BCUT2D eigenvalue weighted by atomic mass is 16.5. The summed E-state index contributed by atoms with van der Waals surface area (Å²) < 4.78 is 11.2. The highest BCUT2D eigenvalue weighted by Gasteiger charge is 2.37. The van der Waals surface area contributed by atoms with Crippen LogP contribution < -0.4 is 10.1 Å². The average Bonchev–Trinajstić information content (AvgIpc) is 2.79. The zero-order chi connectivity index (χ0) is 24.0. The Kier molecular flexibility index (Phi) is 7.74. The van der Waals surface area contributed by atoms with Crippen molar-refractivity contribution in [2.45, 2.75) is 58.3 Å². The lowest BCUT2D eigenvalue weighted by Crippen LogP contribution is -2.60. The minimum Gasteiger partial charge on any atom is -0.481 e. The maximum absolute atomic E-state index is 13.1. The van der Waals surface area contributed by atoms with E-state index in [-0.39, 0.29) is 30.3 Å². The van der Waals surface area contributed by atoms with Gasteiger partial charge >= 0.3 is 5.97 Å². The molecule has 2 unspecified atom stereocenters. The molecular formula is C26H32N2O5. The number of hydrogen-bond acceptors (Lipinski definition) is 5. The lowest BCUT2D eigenvalue weighted by Gasteiger charge is -2.36. The molecular weight excluding hydrogens is 420 g/mol. The van der Waals surface area contributed by atoms with Gasteiger partial charge in [-0.2, -0.15) is 0 Å². The molecule has 1 aliphatic heterocycles. The molecule has 7 nitrogen and oxygen atoms in total. The van der Waals surface area contributed by atoms with Crippen LogP contribution in [0, 0.1) is 0 Å². The zero-order valence-corrected chi connectivity index (χ0v) is 19.7. The van der Waals surface area contributed by atoms with Gasteiger partial charge < -0.3 is 19.7 Å². The van der Waals surface area contributed by atoms with E-state index in [0.717, 1.165) is 11.1 Å². The number of rotatable bonds is 7. The Morgan fingerprint density at radius 3 is 2.39 bits per heavy atom. The van der Waals surface area contributed by atoms with Crippen LogP contribution in [0.3, 0.4) is 0 Å². The summed E-state index contributed by atoms with van der Waals surface area (Å²) >= 11 is 0. The third-order valence-electron chi connectivity index (χ3n) is 5.60. The molecule has 33 heavy (non-hydrogen) atoms. The van der Waals surface area contributed by atoms with E-state index in [0.29, 0.717) is 18.8 Å². The van der Waals surface area contributed by atoms with Gasteiger partial charge in [0, 0.05) is 13.1 Å². The van der Waals surface area contributed by atoms with Crippen molar-refractivity contribution in [2.24, 2.45) is 0 Å². The van der Waals surface area contributed by atoms with Crippen LogP contribution in [0.1, 0.15) is 45.2 Å². The monoisotopic (exact) mass is 452 g/mol. The van der Waals surface area contributed by atoms with E-state index in [1.54, 1.807) is 6.92 Å². The predicted molar refractivity (Wildman–Crippen MR) is 125 cm³/mol. The van der Waals surface area contributed by atoms with Gasteiger partial charge in [0.1, 0.15) is 18.4 Å². The van der Waals surface area contributed by atoms with Gasteiger partial charge in [0.2, 0.25) is 5.91 Å². The number of nitrogens with one attached hydrogen (secondary N) is 1. The van der Waals surface area contributed by atoms with Crippen molar-refractivity contribution in [2.75, 3.05) is 13.1 Å². The summed E-state index contributed by atoms with van der Waals surface area (Å²) in [6.07, 6.45) is -1.02. The molecule has 2 atom stereocenters. The first-order valence-corrected chi connectivity index (χ1v) is 11.2. The third-order valence-corrected chi connectivity index (χ3v) is 5.60. The van der Waals surface area contributed by atoms with Gasteiger partial charge in [0.25, 0.3) is 5.91 Å². The second-order valence-electron chi connectivity index (χ2n) is 9.22. The smallest absolute Gasteiger partial charge is 0.308 e. The Morgan fingerprint density at radius 2 is 1.76 bits per heavy atom. The highest BCUT2D eigenvalue weighted by Crippen LogP contribution is 2.25. The van der Waals surface area contributed by atoms with Gasteiger partial charge in [-0.1, -0.05) is 63.2 Å². The molecule has 3 rings (SSSR count). The van der Waals surface area contributed by atoms with Crippen LogP contribution in [-0.4, -0.2) is 47.9 Å². The van der Waals surface area contributed by atoms with Gasteiger partial charge in [0.15, 0.2) is 6.10 Å². The van der Waals surface area contributed by atoms with E-state index in [1.807, 2.05) is 54.6 Å². The van der Waals surface area contributed by atoms with Crippen molar-refractivity contribution in [3.63, 3.8) is 0 Å². The largest absolute Gasteiger partial charge is 0.481 e. The molecule has 0 radical (unpaired) electrons. The average molecular weight is 453 g/mol. The summed E-state index contributed by atoms with van der Waals surface area (Å²) in [6.45, 7) is 8.78. The number of carbonyl (C=O) groups excluding carboxylic acids is 3. The number of carbonyl (C=O) groups is 3. The van der Waals surface area contributed by atoms with Gasteiger partial charge in [-0.15, -0.1) is 0 Å². The zero-order valence-electron chi connectivity index (χ0n) is 19.7. The molecule has 2 aromatic carbocycles. The van der Waals surface area contributed by atoms with Crippen LogP contribution in [0.15, 0.2) is 54.6 Å². The highest BCUT2D eigenvalue weighted by molar-refractivity contribution is 5.93.